The first-order valence-corrected chi connectivity index (χ1v) is 6.51. The van der Waals surface area contributed by atoms with Crippen LogP contribution in [0, 0.1) is 29.2 Å². The van der Waals surface area contributed by atoms with E-state index in [-0.39, 0.29) is 12.5 Å². The zero-order valence-electron chi connectivity index (χ0n) is 11.7. The molecule has 7 heteroatoms. The van der Waals surface area contributed by atoms with Crippen molar-refractivity contribution >= 4 is 5.97 Å². The Morgan fingerprint density at radius 2 is 1.81 bits per heavy atom. The van der Waals surface area contributed by atoms with Gasteiger partial charge in [0.1, 0.15) is 11.9 Å². The van der Waals surface area contributed by atoms with Crippen LogP contribution in [0.2, 0.25) is 0 Å². The molecule has 3 atom stereocenters. The van der Waals surface area contributed by atoms with Gasteiger partial charge in [-0.25, -0.2) is 17.6 Å². The molecule has 0 aliphatic carbocycles. The first-order chi connectivity index (χ1) is 9.70. The molecule has 21 heavy (non-hydrogen) atoms. The molecule has 3 unspecified atom stereocenters. The average molecular weight is 307 g/mol. The van der Waals surface area contributed by atoms with Crippen molar-refractivity contribution in [1.82, 2.24) is 0 Å². The lowest BCUT2D eigenvalue weighted by atomic mass is 9.81. The first-order valence-electron chi connectivity index (χ1n) is 6.51. The standard InChI is InChI=1S/C14H17F4NO2/c1-3-7(4-10(19)14(20)21)6(2)11-8(15)5-9(16)12(17)13(11)18/h5-7,10H,3-4,19H2,1-2H3,(H,20,21). The second kappa shape index (κ2) is 6.89. The topological polar surface area (TPSA) is 63.3 Å². The van der Waals surface area contributed by atoms with Gasteiger partial charge < -0.3 is 10.8 Å². The van der Waals surface area contributed by atoms with Crippen LogP contribution in [0.1, 0.15) is 38.2 Å². The van der Waals surface area contributed by atoms with E-state index >= 15 is 0 Å². The highest BCUT2D eigenvalue weighted by Gasteiger charge is 2.29. The fourth-order valence-corrected chi connectivity index (χ4v) is 2.38. The number of aliphatic carboxylic acids is 1. The van der Waals surface area contributed by atoms with Crippen molar-refractivity contribution in [2.24, 2.45) is 11.7 Å². The Kier molecular flexibility index (Phi) is 5.71. The summed E-state index contributed by atoms with van der Waals surface area (Å²) in [5, 5.41) is 8.79. The smallest absolute Gasteiger partial charge is 0.320 e. The minimum atomic E-state index is -1.74. The number of carboxylic acids is 1. The van der Waals surface area contributed by atoms with E-state index in [9.17, 15) is 22.4 Å². The van der Waals surface area contributed by atoms with Crippen molar-refractivity contribution in [2.45, 2.75) is 38.6 Å². The predicted molar refractivity (Wildman–Crippen MR) is 68.7 cm³/mol. The van der Waals surface area contributed by atoms with E-state index in [4.69, 9.17) is 10.8 Å². The molecule has 1 aromatic rings. The summed E-state index contributed by atoms with van der Waals surface area (Å²) in [6.07, 6.45) is 0.366. The van der Waals surface area contributed by atoms with Crippen LogP contribution in [0.5, 0.6) is 0 Å². The summed E-state index contributed by atoms with van der Waals surface area (Å²) in [6.45, 7) is 3.13. The van der Waals surface area contributed by atoms with E-state index in [2.05, 4.69) is 0 Å². The second-order valence-electron chi connectivity index (χ2n) is 5.02. The van der Waals surface area contributed by atoms with Crippen LogP contribution in [-0.2, 0) is 4.79 Å². The summed E-state index contributed by atoms with van der Waals surface area (Å²) >= 11 is 0. The van der Waals surface area contributed by atoms with Crippen molar-refractivity contribution in [2.75, 3.05) is 0 Å². The van der Waals surface area contributed by atoms with Gasteiger partial charge in [0.2, 0.25) is 0 Å². The van der Waals surface area contributed by atoms with Crippen LogP contribution in [0.3, 0.4) is 0 Å². The maximum absolute atomic E-state index is 13.8. The van der Waals surface area contributed by atoms with E-state index in [1.807, 2.05) is 0 Å². The molecular formula is C14H17F4NO2. The quantitative estimate of drug-likeness (QED) is 0.482. The van der Waals surface area contributed by atoms with Crippen LogP contribution in [0.4, 0.5) is 17.6 Å². The third-order valence-electron chi connectivity index (χ3n) is 3.71. The van der Waals surface area contributed by atoms with Crippen LogP contribution in [0.25, 0.3) is 0 Å². The molecule has 3 nitrogen and oxygen atoms in total. The monoisotopic (exact) mass is 307 g/mol. The molecule has 1 rings (SSSR count). The van der Waals surface area contributed by atoms with E-state index in [1.165, 1.54) is 6.92 Å². The number of carboxylic acid groups (broad SMARTS) is 1. The zero-order chi connectivity index (χ0) is 16.3. The Hall–Kier alpha value is -1.63. The third-order valence-corrected chi connectivity index (χ3v) is 3.71. The third kappa shape index (κ3) is 3.72. The van der Waals surface area contributed by atoms with Crippen LogP contribution in [0.15, 0.2) is 6.07 Å². The van der Waals surface area contributed by atoms with Crippen molar-refractivity contribution < 1.29 is 27.5 Å². The molecule has 1 aromatic carbocycles. The zero-order valence-corrected chi connectivity index (χ0v) is 11.7. The fourth-order valence-electron chi connectivity index (χ4n) is 2.38. The summed E-state index contributed by atoms with van der Waals surface area (Å²) in [7, 11) is 0. The number of nitrogens with two attached hydrogens (primary N) is 1. The fraction of sp³-hybridized carbons (Fsp3) is 0.500. The van der Waals surface area contributed by atoms with Gasteiger partial charge in [0.15, 0.2) is 17.5 Å². The van der Waals surface area contributed by atoms with Gasteiger partial charge >= 0.3 is 5.97 Å². The highest BCUT2D eigenvalue weighted by atomic mass is 19.2. The van der Waals surface area contributed by atoms with Crippen molar-refractivity contribution in [3.8, 4) is 0 Å². The lowest BCUT2D eigenvalue weighted by Crippen LogP contribution is -2.33. The van der Waals surface area contributed by atoms with Crippen molar-refractivity contribution in [1.29, 1.82) is 0 Å². The number of hydrogen-bond acceptors (Lipinski definition) is 2. The number of benzene rings is 1. The number of rotatable bonds is 6. The number of halogens is 4. The van der Waals surface area contributed by atoms with Crippen LogP contribution >= 0.6 is 0 Å². The Labute approximate surface area is 119 Å². The summed E-state index contributed by atoms with van der Waals surface area (Å²) in [6, 6.07) is -0.900. The first kappa shape index (κ1) is 17.4. The Morgan fingerprint density at radius 3 is 2.29 bits per heavy atom. The lowest BCUT2D eigenvalue weighted by molar-refractivity contribution is -0.139. The average Bonchev–Trinajstić information content (AvgIpc) is 2.41. The number of hydrogen-bond donors (Lipinski definition) is 2. The molecule has 0 fully saturated rings. The molecule has 0 saturated carbocycles. The normalized spacial score (nSPS) is 15.6. The molecule has 3 N–H and O–H groups in total. The van der Waals surface area contributed by atoms with Crippen molar-refractivity contribution in [3.63, 3.8) is 0 Å². The highest BCUT2D eigenvalue weighted by Crippen LogP contribution is 2.34. The lowest BCUT2D eigenvalue weighted by Gasteiger charge is -2.25. The largest absolute Gasteiger partial charge is 0.480 e. The molecule has 0 heterocycles. The van der Waals surface area contributed by atoms with E-state index in [1.54, 1.807) is 6.92 Å². The van der Waals surface area contributed by atoms with Crippen LogP contribution < -0.4 is 5.73 Å². The molecule has 0 radical (unpaired) electrons. The van der Waals surface area contributed by atoms with Crippen LogP contribution in [-0.4, -0.2) is 17.1 Å². The van der Waals surface area contributed by atoms with Gasteiger partial charge in [-0.15, -0.1) is 0 Å². The van der Waals surface area contributed by atoms with E-state index < -0.39 is 52.7 Å². The van der Waals surface area contributed by atoms with Gasteiger partial charge in [0.25, 0.3) is 0 Å². The molecule has 118 valence electrons. The molecule has 0 amide bonds. The maximum Gasteiger partial charge on any atom is 0.320 e. The van der Waals surface area contributed by atoms with E-state index in [0.717, 1.165) is 0 Å². The van der Waals surface area contributed by atoms with Gasteiger partial charge in [-0.05, 0) is 18.3 Å². The van der Waals surface area contributed by atoms with E-state index in [0.29, 0.717) is 6.42 Å². The maximum atomic E-state index is 13.8. The summed E-state index contributed by atoms with van der Waals surface area (Å²) in [5.41, 5.74) is 4.83. The SMILES string of the molecule is CCC(CC(N)C(=O)O)C(C)c1c(F)cc(F)c(F)c1F. The molecule has 0 spiro atoms. The minimum absolute atomic E-state index is 0.0229. The predicted octanol–water partition coefficient (Wildman–Crippen LogP) is 3.17. The summed E-state index contributed by atoms with van der Waals surface area (Å²) in [4.78, 5) is 10.8. The summed E-state index contributed by atoms with van der Waals surface area (Å²) in [5.74, 6) is -8.66. The van der Waals surface area contributed by atoms with Gasteiger partial charge in [-0.3, -0.25) is 4.79 Å². The van der Waals surface area contributed by atoms with Gasteiger partial charge in [-0.1, -0.05) is 20.3 Å². The van der Waals surface area contributed by atoms with Gasteiger partial charge in [0, 0.05) is 11.6 Å². The van der Waals surface area contributed by atoms with Gasteiger partial charge in [-0.2, -0.15) is 0 Å². The Bertz CT molecular complexity index is 536. The molecule has 0 aliphatic rings. The summed E-state index contributed by atoms with van der Waals surface area (Å²) < 4.78 is 53.7. The molecule has 0 saturated heterocycles. The van der Waals surface area contributed by atoms with Crippen molar-refractivity contribution in [3.05, 3.63) is 34.9 Å². The number of carbonyl (C=O) groups is 1. The Balaban J connectivity index is 3.14. The highest BCUT2D eigenvalue weighted by molar-refractivity contribution is 5.73. The van der Waals surface area contributed by atoms with Gasteiger partial charge in [0.05, 0.1) is 0 Å². The molecule has 0 aromatic heterocycles. The molecule has 0 bridgehead atoms. The minimum Gasteiger partial charge on any atom is -0.480 e. The molecule has 0 aliphatic heterocycles. The Morgan fingerprint density at radius 1 is 1.24 bits per heavy atom. The molecular weight excluding hydrogens is 290 g/mol. The second-order valence-corrected chi connectivity index (χ2v) is 5.02.